The highest BCUT2D eigenvalue weighted by Crippen LogP contribution is 2.30. The van der Waals surface area contributed by atoms with Crippen LogP contribution in [0.1, 0.15) is 42.6 Å². The Hall–Kier alpha value is -2.80. The number of pyridine rings is 2. The van der Waals surface area contributed by atoms with Gasteiger partial charge in [0.05, 0.1) is 17.8 Å². The molecule has 0 unspecified atom stereocenters. The molecule has 3 N–H and O–H groups in total. The SMILES string of the molecule is COCCn1c2ccccc2c2ccnc(CNCCCCN)c21.c1cnc2c(c1)CCCC2. The normalized spacial score (nSPS) is 13.0. The number of nitrogens with one attached hydrogen (secondary N) is 1. The highest BCUT2D eigenvalue weighted by atomic mass is 16.5. The van der Waals surface area contributed by atoms with Crippen molar-refractivity contribution in [2.75, 3.05) is 26.8 Å². The summed E-state index contributed by atoms with van der Waals surface area (Å²) in [6.07, 6.45) is 11.1. The maximum atomic E-state index is 5.55. The Balaban J connectivity index is 0.000000226. The number of benzene rings is 1. The fourth-order valence-corrected chi connectivity index (χ4v) is 4.75. The van der Waals surface area contributed by atoms with Crippen LogP contribution in [-0.4, -0.2) is 41.3 Å². The molecule has 0 aliphatic heterocycles. The van der Waals surface area contributed by atoms with Crippen molar-refractivity contribution in [2.45, 2.75) is 51.6 Å². The van der Waals surface area contributed by atoms with Crippen LogP contribution in [0.5, 0.6) is 0 Å². The average molecular weight is 460 g/mol. The number of nitrogens with zero attached hydrogens (tertiary/aromatic N) is 3. The van der Waals surface area contributed by atoms with E-state index in [1.165, 1.54) is 58.7 Å². The summed E-state index contributed by atoms with van der Waals surface area (Å²) in [5, 5.41) is 6.03. The first-order chi connectivity index (χ1) is 16.8. The molecule has 5 rings (SSSR count). The zero-order valence-electron chi connectivity index (χ0n) is 20.3. The number of para-hydroxylation sites is 1. The summed E-state index contributed by atoms with van der Waals surface area (Å²) >= 11 is 0. The molecule has 1 aliphatic carbocycles. The molecule has 0 bridgehead atoms. The Morgan fingerprint density at radius 3 is 2.71 bits per heavy atom. The molecule has 0 atom stereocenters. The third-order valence-corrected chi connectivity index (χ3v) is 6.47. The van der Waals surface area contributed by atoms with Crippen molar-refractivity contribution in [3.63, 3.8) is 0 Å². The zero-order chi connectivity index (χ0) is 23.6. The van der Waals surface area contributed by atoms with E-state index in [1.54, 1.807) is 7.11 Å². The van der Waals surface area contributed by atoms with Crippen molar-refractivity contribution in [3.8, 4) is 0 Å². The minimum Gasteiger partial charge on any atom is -0.383 e. The van der Waals surface area contributed by atoms with Crippen molar-refractivity contribution >= 4 is 21.8 Å². The van der Waals surface area contributed by atoms with E-state index in [9.17, 15) is 0 Å². The molecule has 0 fully saturated rings. The standard InChI is InChI=1S/C19H26N4O.C9H11N/c1-24-13-12-23-18-7-3-2-6-15(18)16-8-11-22-17(19(16)23)14-21-10-5-4-9-20;1-2-6-9-8(4-1)5-3-7-10-9/h2-3,6-8,11,21H,4-5,9-10,12-14,20H2,1H3;3,5,7H,1-2,4,6H2. The first-order valence-corrected chi connectivity index (χ1v) is 12.5. The number of aryl methyl sites for hydroxylation is 2. The van der Waals surface area contributed by atoms with Gasteiger partial charge in [0.1, 0.15) is 0 Å². The summed E-state index contributed by atoms with van der Waals surface area (Å²) in [6.45, 7) is 4.00. The van der Waals surface area contributed by atoms with E-state index in [0.717, 1.165) is 44.7 Å². The van der Waals surface area contributed by atoms with Gasteiger partial charge in [0.15, 0.2) is 0 Å². The third kappa shape index (κ3) is 5.81. The monoisotopic (exact) mass is 459 g/mol. The molecule has 4 aromatic rings. The lowest BCUT2D eigenvalue weighted by Crippen LogP contribution is -2.17. The number of aromatic nitrogens is 3. The largest absolute Gasteiger partial charge is 0.383 e. The van der Waals surface area contributed by atoms with Gasteiger partial charge in [0.25, 0.3) is 0 Å². The molecule has 1 aliphatic rings. The summed E-state index contributed by atoms with van der Waals surface area (Å²) in [4.78, 5) is 8.96. The van der Waals surface area contributed by atoms with E-state index in [0.29, 0.717) is 6.61 Å². The first kappa shape index (κ1) is 24.3. The molecule has 6 nitrogen and oxygen atoms in total. The highest BCUT2D eigenvalue weighted by Gasteiger charge is 2.14. The highest BCUT2D eigenvalue weighted by molar-refractivity contribution is 6.08. The molecule has 0 saturated heterocycles. The molecule has 1 aromatic carbocycles. The number of ether oxygens (including phenoxy) is 1. The number of nitrogens with two attached hydrogens (primary N) is 1. The molecule has 6 heteroatoms. The summed E-state index contributed by atoms with van der Waals surface area (Å²) in [5.41, 5.74) is 11.9. The van der Waals surface area contributed by atoms with Crippen molar-refractivity contribution in [3.05, 3.63) is 71.8 Å². The molecule has 180 valence electrons. The van der Waals surface area contributed by atoms with Gasteiger partial charge in [-0.05, 0) is 75.4 Å². The van der Waals surface area contributed by atoms with Crippen LogP contribution in [0.4, 0.5) is 0 Å². The maximum absolute atomic E-state index is 5.55. The van der Waals surface area contributed by atoms with E-state index < -0.39 is 0 Å². The van der Waals surface area contributed by atoms with Crippen LogP contribution >= 0.6 is 0 Å². The van der Waals surface area contributed by atoms with Gasteiger partial charge in [0.2, 0.25) is 0 Å². The van der Waals surface area contributed by atoms with Crippen molar-refractivity contribution in [1.82, 2.24) is 19.9 Å². The van der Waals surface area contributed by atoms with Crippen LogP contribution in [0.2, 0.25) is 0 Å². The lowest BCUT2D eigenvalue weighted by Gasteiger charge is -2.12. The van der Waals surface area contributed by atoms with Gasteiger partial charge in [-0.3, -0.25) is 9.97 Å². The second-order valence-electron chi connectivity index (χ2n) is 8.80. The maximum Gasteiger partial charge on any atom is 0.0784 e. The molecule has 0 spiro atoms. The fourth-order valence-electron chi connectivity index (χ4n) is 4.75. The molecule has 0 radical (unpaired) electrons. The van der Waals surface area contributed by atoms with Crippen LogP contribution < -0.4 is 11.1 Å². The predicted molar refractivity (Wildman–Crippen MR) is 140 cm³/mol. The van der Waals surface area contributed by atoms with E-state index in [4.69, 9.17) is 10.5 Å². The summed E-state index contributed by atoms with van der Waals surface area (Å²) in [6, 6.07) is 14.9. The van der Waals surface area contributed by atoms with Gasteiger partial charge < -0.3 is 20.4 Å². The lowest BCUT2D eigenvalue weighted by molar-refractivity contribution is 0.189. The summed E-state index contributed by atoms with van der Waals surface area (Å²) in [7, 11) is 1.74. The summed E-state index contributed by atoms with van der Waals surface area (Å²) < 4.78 is 7.64. The predicted octanol–water partition coefficient (Wildman–Crippen LogP) is 4.62. The van der Waals surface area contributed by atoms with E-state index >= 15 is 0 Å². The molecule has 3 heterocycles. The summed E-state index contributed by atoms with van der Waals surface area (Å²) in [5.74, 6) is 0. The number of rotatable bonds is 9. The Bertz CT molecular complexity index is 1160. The topological polar surface area (TPSA) is 78.0 Å². The van der Waals surface area contributed by atoms with E-state index in [2.05, 4.69) is 56.3 Å². The lowest BCUT2D eigenvalue weighted by atomic mass is 9.96. The van der Waals surface area contributed by atoms with Gasteiger partial charge in [-0.1, -0.05) is 24.3 Å². The molecular weight excluding hydrogens is 422 g/mol. The Morgan fingerprint density at radius 2 is 1.85 bits per heavy atom. The third-order valence-electron chi connectivity index (χ3n) is 6.47. The molecular formula is C28H37N5O. The number of methoxy groups -OCH3 is 1. The average Bonchev–Trinajstić information content (AvgIpc) is 3.22. The number of hydrogen-bond acceptors (Lipinski definition) is 5. The Morgan fingerprint density at radius 1 is 0.971 bits per heavy atom. The van der Waals surface area contributed by atoms with E-state index in [-0.39, 0.29) is 0 Å². The molecule has 0 saturated carbocycles. The zero-order valence-corrected chi connectivity index (χ0v) is 20.3. The van der Waals surface area contributed by atoms with E-state index in [1.807, 2.05) is 18.5 Å². The molecule has 34 heavy (non-hydrogen) atoms. The van der Waals surface area contributed by atoms with Gasteiger partial charge in [-0.2, -0.15) is 0 Å². The smallest absolute Gasteiger partial charge is 0.0784 e. The van der Waals surface area contributed by atoms with Crippen LogP contribution in [-0.2, 0) is 30.7 Å². The van der Waals surface area contributed by atoms with Crippen molar-refractivity contribution in [1.29, 1.82) is 0 Å². The number of hydrogen-bond donors (Lipinski definition) is 2. The van der Waals surface area contributed by atoms with Crippen LogP contribution in [0.3, 0.4) is 0 Å². The van der Waals surface area contributed by atoms with Gasteiger partial charge in [-0.15, -0.1) is 0 Å². The molecule has 3 aromatic heterocycles. The number of fused-ring (bicyclic) bond motifs is 4. The first-order valence-electron chi connectivity index (χ1n) is 12.5. The fraction of sp³-hybridized carbons (Fsp3) is 0.429. The van der Waals surface area contributed by atoms with Crippen molar-refractivity contribution < 1.29 is 4.74 Å². The van der Waals surface area contributed by atoms with Crippen LogP contribution in [0, 0.1) is 0 Å². The Labute approximate surface area is 202 Å². The number of unbranched alkanes of at least 4 members (excludes halogenated alkanes) is 1. The Kier molecular flexibility index (Phi) is 9.02. The van der Waals surface area contributed by atoms with Crippen LogP contribution in [0.25, 0.3) is 21.8 Å². The second kappa shape index (κ2) is 12.6. The van der Waals surface area contributed by atoms with Crippen LogP contribution in [0.15, 0.2) is 54.9 Å². The van der Waals surface area contributed by atoms with Gasteiger partial charge in [-0.25, -0.2) is 0 Å². The van der Waals surface area contributed by atoms with Gasteiger partial charge >= 0.3 is 0 Å². The minimum absolute atomic E-state index is 0.687. The quantitative estimate of drug-likeness (QED) is 0.357. The molecule has 0 amide bonds. The van der Waals surface area contributed by atoms with Gasteiger partial charge in [0, 0.05) is 54.6 Å². The minimum atomic E-state index is 0.687. The second-order valence-corrected chi connectivity index (χ2v) is 8.80. The van der Waals surface area contributed by atoms with Crippen molar-refractivity contribution in [2.24, 2.45) is 5.73 Å².